The van der Waals surface area contributed by atoms with E-state index < -0.39 is 29.4 Å². The minimum atomic E-state index is -1.17. The molecule has 1 fully saturated rings. The van der Waals surface area contributed by atoms with Crippen molar-refractivity contribution >= 4 is 11.9 Å². The molecule has 6 heteroatoms. The van der Waals surface area contributed by atoms with Crippen LogP contribution in [0.3, 0.4) is 0 Å². The zero-order valence-electron chi connectivity index (χ0n) is 14.0. The van der Waals surface area contributed by atoms with Crippen molar-refractivity contribution < 1.29 is 19.1 Å². The maximum Gasteiger partial charge on any atom is 0.325 e. The van der Waals surface area contributed by atoms with Crippen LogP contribution in [0, 0.1) is 12.7 Å². The summed E-state index contributed by atoms with van der Waals surface area (Å²) >= 11 is 0. The molecule has 2 atom stereocenters. The van der Waals surface area contributed by atoms with E-state index in [4.69, 9.17) is 0 Å². The van der Waals surface area contributed by atoms with Crippen molar-refractivity contribution in [1.29, 1.82) is 0 Å². The fourth-order valence-electron chi connectivity index (χ4n) is 3.11. The van der Waals surface area contributed by atoms with E-state index in [1.807, 2.05) is 6.07 Å². The third-order valence-corrected chi connectivity index (χ3v) is 4.57. The van der Waals surface area contributed by atoms with Crippen molar-refractivity contribution in [3.05, 3.63) is 71.0 Å². The number of urea groups is 1. The highest BCUT2D eigenvalue weighted by atomic mass is 19.1. The van der Waals surface area contributed by atoms with Gasteiger partial charge in [0.1, 0.15) is 11.4 Å². The highest BCUT2D eigenvalue weighted by Gasteiger charge is 2.49. The third kappa shape index (κ3) is 3.00. The number of halogens is 1. The van der Waals surface area contributed by atoms with Crippen LogP contribution in [0.4, 0.5) is 9.18 Å². The summed E-state index contributed by atoms with van der Waals surface area (Å²) in [5.74, 6) is -0.831. The molecule has 0 bridgehead atoms. The van der Waals surface area contributed by atoms with Gasteiger partial charge in [0.15, 0.2) is 0 Å². The Morgan fingerprint density at radius 2 is 1.88 bits per heavy atom. The van der Waals surface area contributed by atoms with Crippen LogP contribution in [0.25, 0.3) is 0 Å². The van der Waals surface area contributed by atoms with Crippen molar-refractivity contribution in [2.75, 3.05) is 6.54 Å². The minimum Gasteiger partial charge on any atom is -0.387 e. The molecule has 0 spiro atoms. The zero-order valence-corrected chi connectivity index (χ0v) is 14.0. The number of nitrogens with zero attached hydrogens (tertiary/aromatic N) is 1. The fourth-order valence-corrected chi connectivity index (χ4v) is 3.11. The van der Waals surface area contributed by atoms with Crippen LogP contribution < -0.4 is 5.32 Å². The number of β-amino-alcohol motifs (C(OH)–C–C–N with tert-alkyl or cyclic N) is 1. The molecule has 2 aromatic carbocycles. The number of aliphatic hydroxyl groups excluding tert-OH is 1. The smallest absolute Gasteiger partial charge is 0.325 e. The molecule has 2 aromatic rings. The van der Waals surface area contributed by atoms with E-state index in [0.29, 0.717) is 16.7 Å². The van der Waals surface area contributed by atoms with E-state index >= 15 is 0 Å². The van der Waals surface area contributed by atoms with Crippen molar-refractivity contribution in [2.45, 2.75) is 25.5 Å². The Balaban J connectivity index is 1.84. The Morgan fingerprint density at radius 1 is 1.20 bits per heavy atom. The van der Waals surface area contributed by atoms with E-state index in [-0.39, 0.29) is 6.54 Å². The van der Waals surface area contributed by atoms with Gasteiger partial charge in [-0.2, -0.15) is 0 Å². The number of hydrogen-bond donors (Lipinski definition) is 2. The lowest BCUT2D eigenvalue weighted by Crippen LogP contribution is -2.41. The molecule has 2 N–H and O–H groups in total. The molecule has 1 aliphatic rings. The summed E-state index contributed by atoms with van der Waals surface area (Å²) in [4.78, 5) is 26.1. The molecule has 3 rings (SSSR count). The summed E-state index contributed by atoms with van der Waals surface area (Å²) in [6.45, 7) is 3.11. The molecule has 0 aromatic heterocycles. The van der Waals surface area contributed by atoms with Gasteiger partial charge < -0.3 is 10.4 Å². The first kappa shape index (κ1) is 17.1. The molecule has 1 heterocycles. The Morgan fingerprint density at radius 3 is 2.52 bits per heavy atom. The van der Waals surface area contributed by atoms with Crippen LogP contribution in [0.2, 0.25) is 0 Å². The number of amides is 3. The van der Waals surface area contributed by atoms with Crippen LogP contribution >= 0.6 is 0 Å². The molecule has 1 aliphatic heterocycles. The Hall–Kier alpha value is -2.73. The molecule has 2 unspecified atom stereocenters. The van der Waals surface area contributed by atoms with Crippen LogP contribution in [0.1, 0.15) is 29.7 Å². The normalized spacial score (nSPS) is 21.4. The second-order valence-electron chi connectivity index (χ2n) is 6.35. The number of carbonyl (C=O) groups excluding carboxylic acids is 2. The van der Waals surface area contributed by atoms with E-state index in [0.717, 1.165) is 4.90 Å². The number of imide groups is 1. The van der Waals surface area contributed by atoms with Gasteiger partial charge in [0.2, 0.25) is 0 Å². The highest BCUT2D eigenvalue weighted by Crippen LogP contribution is 2.30. The number of aliphatic hydroxyl groups is 1. The van der Waals surface area contributed by atoms with Crippen LogP contribution in [0.15, 0.2) is 48.5 Å². The average Bonchev–Trinajstić information content (AvgIpc) is 2.80. The maximum atomic E-state index is 13.2. The Bertz CT molecular complexity index is 825. The van der Waals surface area contributed by atoms with E-state index in [1.54, 1.807) is 38.1 Å². The van der Waals surface area contributed by atoms with Crippen LogP contribution in [0.5, 0.6) is 0 Å². The van der Waals surface area contributed by atoms with Gasteiger partial charge in [0.05, 0.1) is 12.6 Å². The SMILES string of the molecule is Cc1cc(F)ccc1C(O)CN1C(=O)NC(C)(c2ccccc2)C1=O. The molecular weight excluding hydrogens is 323 g/mol. The largest absolute Gasteiger partial charge is 0.387 e. The van der Waals surface area contributed by atoms with E-state index in [9.17, 15) is 19.1 Å². The molecule has 130 valence electrons. The summed E-state index contributed by atoms with van der Waals surface area (Å²) in [6, 6.07) is 12.4. The lowest BCUT2D eigenvalue weighted by molar-refractivity contribution is -0.132. The van der Waals surface area contributed by atoms with Crippen molar-refractivity contribution in [1.82, 2.24) is 10.2 Å². The lowest BCUT2D eigenvalue weighted by atomic mass is 9.92. The molecule has 0 aliphatic carbocycles. The van der Waals surface area contributed by atoms with Gasteiger partial charge in [-0.3, -0.25) is 9.69 Å². The molecule has 0 saturated carbocycles. The molecule has 25 heavy (non-hydrogen) atoms. The van der Waals surface area contributed by atoms with Gasteiger partial charge in [-0.1, -0.05) is 36.4 Å². The van der Waals surface area contributed by atoms with Crippen molar-refractivity contribution in [3.8, 4) is 0 Å². The predicted octanol–water partition coefficient (Wildman–Crippen LogP) is 2.63. The number of nitrogens with one attached hydrogen (secondary N) is 1. The summed E-state index contributed by atoms with van der Waals surface area (Å²) in [6.07, 6.45) is -1.09. The molecule has 1 saturated heterocycles. The first-order valence-electron chi connectivity index (χ1n) is 7.96. The number of rotatable bonds is 4. The van der Waals surface area contributed by atoms with Gasteiger partial charge in [0, 0.05) is 0 Å². The van der Waals surface area contributed by atoms with Gasteiger partial charge >= 0.3 is 6.03 Å². The number of hydrogen-bond acceptors (Lipinski definition) is 3. The number of aryl methyl sites for hydroxylation is 1. The number of benzene rings is 2. The topological polar surface area (TPSA) is 69.6 Å². The van der Waals surface area contributed by atoms with Crippen LogP contribution in [-0.4, -0.2) is 28.5 Å². The summed E-state index contributed by atoms with van der Waals surface area (Å²) in [5, 5.41) is 13.1. The Kier molecular flexibility index (Phi) is 4.30. The summed E-state index contributed by atoms with van der Waals surface area (Å²) in [5.41, 5.74) is 0.541. The van der Waals surface area contributed by atoms with Crippen molar-refractivity contribution in [3.63, 3.8) is 0 Å². The highest BCUT2D eigenvalue weighted by molar-refractivity contribution is 6.07. The van der Waals surface area contributed by atoms with Gasteiger partial charge in [-0.05, 0) is 42.7 Å². The quantitative estimate of drug-likeness (QED) is 0.839. The second-order valence-corrected chi connectivity index (χ2v) is 6.35. The van der Waals surface area contributed by atoms with Gasteiger partial charge in [0.25, 0.3) is 5.91 Å². The van der Waals surface area contributed by atoms with Gasteiger partial charge in [-0.25, -0.2) is 9.18 Å². The lowest BCUT2D eigenvalue weighted by Gasteiger charge is -2.23. The molecule has 0 radical (unpaired) electrons. The van der Waals surface area contributed by atoms with Crippen molar-refractivity contribution in [2.24, 2.45) is 0 Å². The minimum absolute atomic E-state index is 0.195. The third-order valence-electron chi connectivity index (χ3n) is 4.57. The predicted molar refractivity (Wildman–Crippen MR) is 90.1 cm³/mol. The average molecular weight is 342 g/mol. The van der Waals surface area contributed by atoms with E-state index in [2.05, 4.69) is 5.32 Å². The van der Waals surface area contributed by atoms with Gasteiger partial charge in [-0.15, -0.1) is 0 Å². The standard InChI is InChI=1S/C19H19FN2O3/c1-12-10-14(20)8-9-15(12)16(23)11-22-17(24)19(2,21-18(22)25)13-6-4-3-5-7-13/h3-10,16,23H,11H2,1-2H3,(H,21,25). The molecular formula is C19H19FN2O3. The van der Waals surface area contributed by atoms with E-state index in [1.165, 1.54) is 18.2 Å². The first-order valence-corrected chi connectivity index (χ1v) is 7.96. The van der Waals surface area contributed by atoms with Crippen LogP contribution in [-0.2, 0) is 10.3 Å². The maximum absolute atomic E-state index is 13.2. The molecule has 5 nitrogen and oxygen atoms in total. The fraction of sp³-hybridized carbons (Fsp3) is 0.263. The Labute approximate surface area is 145 Å². The first-order chi connectivity index (χ1) is 11.8. The number of carbonyl (C=O) groups is 2. The summed E-state index contributed by atoms with van der Waals surface area (Å²) in [7, 11) is 0. The summed E-state index contributed by atoms with van der Waals surface area (Å²) < 4.78 is 13.2. The second kappa shape index (κ2) is 6.29. The zero-order chi connectivity index (χ0) is 18.2. The molecule has 3 amide bonds. The monoisotopic (exact) mass is 342 g/mol.